The Morgan fingerprint density at radius 2 is 1.87 bits per heavy atom. The van der Waals surface area contributed by atoms with Gasteiger partial charge in [0.1, 0.15) is 0 Å². The molecule has 0 aromatic heterocycles. The molecule has 1 aromatic carbocycles. The summed E-state index contributed by atoms with van der Waals surface area (Å²) in [6, 6.07) is 7.55. The lowest BCUT2D eigenvalue weighted by Crippen LogP contribution is -2.45. The van der Waals surface area contributed by atoms with Crippen LogP contribution in [0, 0.1) is 5.92 Å². The first-order chi connectivity index (χ1) is 14.6. The average Bonchev–Trinajstić information content (AvgIpc) is 3.18. The van der Waals surface area contributed by atoms with Gasteiger partial charge >= 0.3 is 0 Å². The van der Waals surface area contributed by atoms with Crippen molar-refractivity contribution in [1.82, 2.24) is 15.1 Å². The van der Waals surface area contributed by atoms with Gasteiger partial charge in [-0.05, 0) is 43.4 Å². The minimum Gasteiger partial charge on any atom is -0.356 e. The molecule has 30 heavy (non-hydrogen) atoms. The van der Waals surface area contributed by atoms with E-state index in [1.807, 2.05) is 34.1 Å². The maximum absolute atomic E-state index is 12.9. The van der Waals surface area contributed by atoms with Gasteiger partial charge in [-0.1, -0.05) is 38.3 Å². The van der Waals surface area contributed by atoms with E-state index in [2.05, 4.69) is 12.2 Å². The third kappa shape index (κ3) is 6.07. The van der Waals surface area contributed by atoms with Gasteiger partial charge in [-0.15, -0.1) is 0 Å². The van der Waals surface area contributed by atoms with E-state index in [-0.39, 0.29) is 23.6 Å². The summed E-state index contributed by atoms with van der Waals surface area (Å²) in [7, 11) is 0. The van der Waals surface area contributed by atoms with Crippen molar-refractivity contribution in [1.29, 1.82) is 0 Å². The molecule has 6 heteroatoms. The lowest BCUT2D eigenvalue weighted by Gasteiger charge is -2.32. The number of carbonyl (C=O) groups is 3. The summed E-state index contributed by atoms with van der Waals surface area (Å²) in [6.45, 7) is 5.51. The molecular weight excluding hydrogens is 378 g/mol. The fourth-order valence-corrected chi connectivity index (χ4v) is 4.31. The van der Waals surface area contributed by atoms with Crippen LogP contribution in [0.15, 0.2) is 24.3 Å². The molecule has 0 spiro atoms. The Morgan fingerprint density at radius 3 is 2.57 bits per heavy atom. The SMILES string of the molecule is CCCCCCNC(=O)C1CCCN(C(=O)c2ccc(CN3CCCC3=O)cc2)C1. The minimum atomic E-state index is -0.116. The standard InChI is InChI=1S/C24H35N3O3/c1-2-3-4-5-14-25-23(29)21-8-6-16-27(18-21)24(30)20-12-10-19(11-13-20)17-26-15-7-9-22(26)28/h10-13,21H,2-9,14-18H2,1H3,(H,25,29). The molecule has 0 saturated carbocycles. The number of nitrogens with zero attached hydrogens (tertiary/aromatic N) is 2. The largest absolute Gasteiger partial charge is 0.356 e. The third-order valence-corrected chi connectivity index (χ3v) is 6.15. The molecule has 1 atom stereocenters. The van der Waals surface area contributed by atoms with Crippen LogP contribution in [0.4, 0.5) is 0 Å². The van der Waals surface area contributed by atoms with Crippen molar-refractivity contribution < 1.29 is 14.4 Å². The number of hydrogen-bond acceptors (Lipinski definition) is 3. The maximum atomic E-state index is 12.9. The van der Waals surface area contributed by atoms with Crippen molar-refractivity contribution >= 4 is 17.7 Å². The topological polar surface area (TPSA) is 69.7 Å². The van der Waals surface area contributed by atoms with E-state index < -0.39 is 0 Å². The number of rotatable bonds is 9. The van der Waals surface area contributed by atoms with E-state index in [9.17, 15) is 14.4 Å². The minimum absolute atomic E-state index is 0.0146. The van der Waals surface area contributed by atoms with Crippen LogP contribution in [0.5, 0.6) is 0 Å². The molecule has 6 nitrogen and oxygen atoms in total. The molecule has 2 aliphatic rings. The van der Waals surface area contributed by atoms with Gasteiger partial charge in [0.15, 0.2) is 0 Å². The molecule has 0 aliphatic carbocycles. The Labute approximate surface area is 180 Å². The van der Waals surface area contributed by atoms with Gasteiger partial charge in [0.25, 0.3) is 5.91 Å². The fourth-order valence-electron chi connectivity index (χ4n) is 4.31. The summed E-state index contributed by atoms with van der Waals surface area (Å²) in [5.41, 5.74) is 1.69. The predicted octanol–water partition coefficient (Wildman–Crippen LogP) is 3.36. The van der Waals surface area contributed by atoms with Crippen LogP contribution in [0.1, 0.15) is 74.2 Å². The van der Waals surface area contributed by atoms with Crippen LogP contribution in [0.2, 0.25) is 0 Å². The lowest BCUT2D eigenvalue weighted by molar-refractivity contribution is -0.128. The van der Waals surface area contributed by atoms with Crippen LogP contribution in [0.25, 0.3) is 0 Å². The Balaban J connectivity index is 1.49. The zero-order valence-electron chi connectivity index (χ0n) is 18.2. The number of nitrogens with one attached hydrogen (secondary N) is 1. The van der Waals surface area contributed by atoms with Crippen LogP contribution < -0.4 is 5.32 Å². The van der Waals surface area contributed by atoms with E-state index >= 15 is 0 Å². The average molecular weight is 414 g/mol. The van der Waals surface area contributed by atoms with Gasteiger partial charge in [-0.25, -0.2) is 0 Å². The normalized spacial score (nSPS) is 19.2. The summed E-state index contributed by atoms with van der Waals surface area (Å²) < 4.78 is 0. The molecule has 2 fully saturated rings. The number of hydrogen-bond donors (Lipinski definition) is 1. The zero-order valence-corrected chi connectivity index (χ0v) is 18.2. The van der Waals surface area contributed by atoms with Crippen molar-refractivity contribution in [2.45, 2.75) is 64.8 Å². The highest BCUT2D eigenvalue weighted by atomic mass is 16.2. The summed E-state index contributed by atoms with van der Waals surface area (Å²) in [4.78, 5) is 40.9. The van der Waals surface area contributed by atoms with E-state index in [0.29, 0.717) is 31.6 Å². The van der Waals surface area contributed by atoms with Gasteiger partial charge in [-0.3, -0.25) is 14.4 Å². The number of likely N-dealkylation sites (tertiary alicyclic amines) is 2. The van der Waals surface area contributed by atoms with Crippen LogP contribution in [0.3, 0.4) is 0 Å². The Bertz CT molecular complexity index is 732. The Hall–Kier alpha value is -2.37. The van der Waals surface area contributed by atoms with E-state index in [0.717, 1.165) is 50.8 Å². The number of benzene rings is 1. The number of unbranched alkanes of at least 4 members (excludes halogenated alkanes) is 3. The summed E-state index contributed by atoms with van der Waals surface area (Å²) >= 11 is 0. The smallest absolute Gasteiger partial charge is 0.253 e. The second-order valence-corrected chi connectivity index (χ2v) is 8.56. The first-order valence-electron chi connectivity index (χ1n) is 11.5. The molecule has 2 heterocycles. The highest BCUT2D eigenvalue weighted by Gasteiger charge is 2.29. The van der Waals surface area contributed by atoms with Gasteiger partial charge in [0.05, 0.1) is 5.92 Å². The van der Waals surface area contributed by atoms with Crippen molar-refractivity contribution in [2.75, 3.05) is 26.2 Å². The summed E-state index contributed by atoms with van der Waals surface area (Å²) in [5, 5.41) is 3.05. The molecule has 3 amide bonds. The molecule has 0 bridgehead atoms. The fraction of sp³-hybridized carbons (Fsp3) is 0.625. The van der Waals surface area contributed by atoms with Gasteiger partial charge in [0.2, 0.25) is 11.8 Å². The Morgan fingerprint density at radius 1 is 1.07 bits per heavy atom. The van der Waals surface area contributed by atoms with Crippen molar-refractivity contribution in [3.63, 3.8) is 0 Å². The second-order valence-electron chi connectivity index (χ2n) is 8.56. The maximum Gasteiger partial charge on any atom is 0.253 e. The van der Waals surface area contributed by atoms with Crippen molar-refractivity contribution in [3.8, 4) is 0 Å². The molecule has 1 N–H and O–H groups in total. The van der Waals surface area contributed by atoms with Crippen molar-refractivity contribution in [3.05, 3.63) is 35.4 Å². The molecule has 1 aromatic rings. The number of carbonyl (C=O) groups excluding carboxylic acids is 3. The van der Waals surface area contributed by atoms with Crippen LogP contribution in [-0.4, -0.2) is 53.7 Å². The number of amides is 3. The van der Waals surface area contributed by atoms with E-state index in [4.69, 9.17) is 0 Å². The highest BCUT2D eigenvalue weighted by Crippen LogP contribution is 2.20. The Kier molecular flexibility index (Phi) is 8.29. The molecule has 2 aliphatic heterocycles. The molecule has 2 saturated heterocycles. The summed E-state index contributed by atoms with van der Waals surface area (Å²) in [6.07, 6.45) is 7.82. The van der Waals surface area contributed by atoms with Gasteiger partial charge in [0, 0.05) is 44.7 Å². The first kappa shape index (κ1) is 22.3. The molecule has 1 unspecified atom stereocenters. The van der Waals surface area contributed by atoms with Crippen LogP contribution >= 0.6 is 0 Å². The number of piperidine rings is 1. The van der Waals surface area contributed by atoms with Crippen molar-refractivity contribution in [2.24, 2.45) is 5.92 Å². The third-order valence-electron chi connectivity index (χ3n) is 6.15. The van der Waals surface area contributed by atoms with E-state index in [1.54, 1.807) is 0 Å². The molecular formula is C24H35N3O3. The second kappa shape index (κ2) is 11.1. The molecule has 3 rings (SSSR count). The quantitative estimate of drug-likeness (QED) is 0.631. The van der Waals surface area contributed by atoms with Gasteiger partial charge in [-0.2, -0.15) is 0 Å². The molecule has 0 radical (unpaired) electrons. The predicted molar refractivity (Wildman–Crippen MR) is 117 cm³/mol. The van der Waals surface area contributed by atoms with Gasteiger partial charge < -0.3 is 15.1 Å². The monoisotopic (exact) mass is 413 g/mol. The van der Waals surface area contributed by atoms with Crippen LogP contribution in [-0.2, 0) is 16.1 Å². The lowest BCUT2D eigenvalue weighted by atomic mass is 9.96. The van der Waals surface area contributed by atoms with E-state index in [1.165, 1.54) is 12.8 Å². The first-order valence-corrected chi connectivity index (χ1v) is 11.5. The zero-order chi connectivity index (χ0) is 21.3. The molecule has 164 valence electrons. The summed E-state index contributed by atoms with van der Waals surface area (Å²) in [5.74, 6) is 0.154. The highest BCUT2D eigenvalue weighted by molar-refractivity contribution is 5.94.